The summed E-state index contributed by atoms with van der Waals surface area (Å²) in [6.07, 6.45) is 0.600. The van der Waals surface area contributed by atoms with Crippen molar-refractivity contribution < 1.29 is 23.9 Å². The summed E-state index contributed by atoms with van der Waals surface area (Å²) < 4.78 is 9.69. The fourth-order valence-corrected chi connectivity index (χ4v) is 1.11. The van der Waals surface area contributed by atoms with E-state index in [1.807, 2.05) is 0 Å². The third-order valence-electron chi connectivity index (χ3n) is 1.99. The summed E-state index contributed by atoms with van der Waals surface area (Å²) in [5.41, 5.74) is 0. The van der Waals surface area contributed by atoms with Gasteiger partial charge in [-0.2, -0.15) is 0 Å². The van der Waals surface area contributed by atoms with Gasteiger partial charge in [0.1, 0.15) is 6.61 Å². The quantitative estimate of drug-likeness (QED) is 0.351. The molecule has 0 spiro atoms. The van der Waals surface area contributed by atoms with E-state index in [-0.39, 0.29) is 6.61 Å². The molecule has 0 atom stereocenters. The zero-order chi connectivity index (χ0) is 13.6. The number of nitrogens with zero attached hydrogens (tertiary/aromatic N) is 1. The topological polar surface area (TPSA) is 97.0 Å². The largest absolute Gasteiger partial charge is 0.447 e. The van der Waals surface area contributed by atoms with E-state index < -0.39 is 6.09 Å². The van der Waals surface area contributed by atoms with Gasteiger partial charge in [-0.3, -0.25) is 9.59 Å². The first-order chi connectivity index (χ1) is 8.76. The average Bonchev–Trinajstić information content (AvgIpc) is 2.37. The van der Waals surface area contributed by atoms with Crippen LogP contribution in [0.3, 0.4) is 0 Å². The molecule has 0 rings (SSSR count). The Bertz CT molecular complexity index is 236. The van der Waals surface area contributed by atoms with Crippen LogP contribution in [-0.4, -0.2) is 70.3 Å². The monoisotopic (exact) mass is 261 g/mol. The zero-order valence-corrected chi connectivity index (χ0v) is 10.4. The van der Waals surface area contributed by atoms with Crippen LogP contribution in [0.1, 0.15) is 0 Å². The Balaban J connectivity index is 4.02. The van der Waals surface area contributed by atoms with E-state index in [2.05, 4.69) is 10.6 Å². The van der Waals surface area contributed by atoms with E-state index in [1.165, 1.54) is 12.0 Å². The first-order valence-corrected chi connectivity index (χ1v) is 5.51. The van der Waals surface area contributed by atoms with Crippen molar-refractivity contribution in [3.05, 3.63) is 0 Å². The number of nitrogens with one attached hydrogen (secondary N) is 2. The number of ether oxygens (including phenoxy) is 2. The molecule has 8 heteroatoms. The second-order valence-electron chi connectivity index (χ2n) is 3.24. The molecule has 0 aliphatic heterocycles. The van der Waals surface area contributed by atoms with Gasteiger partial charge in [-0.15, -0.1) is 0 Å². The minimum Gasteiger partial charge on any atom is -0.447 e. The minimum absolute atomic E-state index is 0.161. The number of carbonyl (C=O) groups excluding carboxylic acids is 3. The second-order valence-corrected chi connectivity index (χ2v) is 3.24. The van der Waals surface area contributed by atoms with Gasteiger partial charge in [-0.25, -0.2) is 4.79 Å². The molecule has 0 radical (unpaired) electrons. The fraction of sp³-hybridized carbons (Fsp3) is 0.700. The standard InChI is InChI=1S/C10H19N3O5/c1-17-6-7-18-10(16)13(4-2-11-8-14)5-3-12-9-15/h8-9H,2-7H2,1H3,(H,11,14)(H,12,15). The fourth-order valence-electron chi connectivity index (χ4n) is 1.11. The van der Waals surface area contributed by atoms with E-state index in [0.29, 0.717) is 45.6 Å². The summed E-state index contributed by atoms with van der Waals surface area (Å²) in [5.74, 6) is 0. The highest BCUT2D eigenvalue weighted by Gasteiger charge is 2.13. The van der Waals surface area contributed by atoms with E-state index >= 15 is 0 Å². The Kier molecular flexibility index (Phi) is 10.5. The molecular weight excluding hydrogens is 242 g/mol. The van der Waals surface area contributed by atoms with Crippen molar-refractivity contribution in [3.8, 4) is 0 Å². The highest BCUT2D eigenvalue weighted by molar-refractivity contribution is 5.67. The predicted octanol–water partition coefficient (Wildman–Crippen LogP) is -1.44. The zero-order valence-electron chi connectivity index (χ0n) is 10.4. The highest BCUT2D eigenvalue weighted by Crippen LogP contribution is 1.93. The van der Waals surface area contributed by atoms with Crippen LogP contribution in [0.2, 0.25) is 0 Å². The maximum absolute atomic E-state index is 11.6. The van der Waals surface area contributed by atoms with E-state index in [9.17, 15) is 14.4 Å². The molecule has 0 aliphatic carbocycles. The predicted molar refractivity (Wildman–Crippen MR) is 62.9 cm³/mol. The Morgan fingerprint density at radius 2 is 1.67 bits per heavy atom. The highest BCUT2D eigenvalue weighted by atomic mass is 16.6. The van der Waals surface area contributed by atoms with Crippen LogP contribution in [0.4, 0.5) is 4.79 Å². The molecule has 104 valence electrons. The third kappa shape index (κ3) is 8.34. The van der Waals surface area contributed by atoms with Crippen molar-refractivity contribution in [2.24, 2.45) is 0 Å². The first kappa shape index (κ1) is 16.2. The molecule has 3 amide bonds. The molecule has 0 aromatic rings. The summed E-state index contributed by atoms with van der Waals surface area (Å²) in [6, 6.07) is 0. The van der Waals surface area contributed by atoms with E-state index in [0.717, 1.165) is 0 Å². The van der Waals surface area contributed by atoms with Crippen LogP contribution < -0.4 is 10.6 Å². The Labute approximate surface area is 106 Å². The van der Waals surface area contributed by atoms with Gasteiger partial charge in [0.2, 0.25) is 12.8 Å². The van der Waals surface area contributed by atoms with Gasteiger partial charge >= 0.3 is 6.09 Å². The first-order valence-electron chi connectivity index (χ1n) is 5.51. The normalized spacial score (nSPS) is 9.39. The van der Waals surface area contributed by atoms with Crippen LogP contribution in [0, 0.1) is 0 Å². The van der Waals surface area contributed by atoms with Crippen molar-refractivity contribution in [1.29, 1.82) is 0 Å². The maximum atomic E-state index is 11.6. The molecule has 0 bridgehead atoms. The van der Waals surface area contributed by atoms with Gasteiger partial charge < -0.3 is 25.0 Å². The maximum Gasteiger partial charge on any atom is 0.409 e. The Morgan fingerprint density at radius 3 is 2.11 bits per heavy atom. The number of hydrogen-bond acceptors (Lipinski definition) is 5. The molecule has 8 nitrogen and oxygen atoms in total. The Hall–Kier alpha value is -1.83. The van der Waals surface area contributed by atoms with Gasteiger partial charge in [0.25, 0.3) is 0 Å². The van der Waals surface area contributed by atoms with Gasteiger partial charge in [0, 0.05) is 33.3 Å². The third-order valence-corrected chi connectivity index (χ3v) is 1.99. The molecule has 0 aliphatic rings. The Morgan fingerprint density at radius 1 is 1.11 bits per heavy atom. The van der Waals surface area contributed by atoms with Gasteiger partial charge in [-0.1, -0.05) is 0 Å². The molecule has 2 N–H and O–H groups in total. The van der Waals surface area contributed by atoms with Crippen LogP contribution >= 0.6 is 0 Å². The lowest BCUT2D eigenvalue weighted by Crippen LogP contribution is -2.41. The molecule has 0 aromatic carbocycles. The van der Waals surface area contributed by atoms with E-state index in [1.54, 1.807) is 0 Å². The van der Waals surface area contributed by atoms with Crippen molar-refractivity contribution in [2.75, 3.05) is 46.5 Å². The van der Waals surface area contributed by atoms with Crippen molar-refractivity contribution >= 4 is 18.9 Å². The molecule has 0 fully saturated rings. The van der Waals surface area contributed by atoms with Crippen molar-refractivity contribution in [3.63, 3.8) is 0 Å². The summed E-state index contributed by atoms with van der Waals surface area (Å²) in [4.78, 5) is 33.2. The number of carbonyl (C=O) groups is 3. The molecule has 0 saturated heterocycles. The molecule has 0 aromatic heterocycles. The molecule has 0 heterocycles. The average molecular weight is 261 g/mol. The van der Waals surface area contributed by atoms with Gasteiger partial charge in [0.05, 0.1) is 6.61 Å². The van der Waals surface area contributed by atoms with E-state index in [4.69, 9.17) is 9.47 Å². The van der Waals surface area contributed by atoms with Crippen LogP contribution in [-0.2, 0) is 19.1 Å². The van der Waals surface area contributed by atoms with Crippen LogP contribution in [0.15, 0.2) is 0 Å². The number of amides is 3. The SMILES string of the molecule is COCCOC(=O)N(CCNC=O)CCNC=O. The summed E-state index contributed by atoms with van der Waals surface area (Å²) in [5, 5.41) is 4.89. The van der Waals surface area contributed by atoms with Gasteiger partial charge in [-0.05, 0) is 0 Å². The lowest BCUT2D eigenvalue weighted by atomic mass is 10.5. The lowest BCUT2D eigenvalue weighted by molar-refractivity contribution is -0.110. The van der Waals surface area contributed by atoms with Crippen molar-refractivity contribution in [1.82, 2.24) is 15.5 Å². The summed E-state index contributed by atoms with van der Waals surface area (Å²) in [7, 11) is 1.51. The minimum atomic E-state index is -0.507. The summed E-state index contributed by atoms with van der Waals surface area (Å²) in [6.45, 7) is 1.75. The summed E-state index contributed by atoms with van der Waals surface area (Å²) >= 11 is 0. The lowest BCUT2D eigenvalue weighted by Gasteiger charge is -2.21. The molecule has 18 heavy (non-hydrogen) atoms. The smallest absolute Gasteiger partial charge is 0.409 e. The van der Waals surface area contributed by atoms with Crippen LogP contribution in [0.25, 0.3) is 0 Å². The van der Waals surface area contributed by atoms with Gasteiger partial charge in [0.15, 0.2) is 0 Å². The molecule has 0 unspecified atom stereocenters. The number of hydrogen-bond donors (Lipinski definition) is 2. The van der Waals surface area contributed by atoms with Crippen LogP contribution in [0.5, 0.6) is 0 Å². The van der Waals surface area contributed by atoms with Crippen molar-refractivity contribution in [2.45, 2.75) is 0 Å². The number of methoxy groups -OCH3 is 1. The molecular formula is C10H19N3O5. The second kappa shape index (κ2) is 11.6. The molecule has 0 saturated carbocycles. The number of rotatable bonds is 11.